The number of aryl methyl sites for hydroxylation is 1. The van der Waals surface area contributed by atoms with Gasteiger partial charge in [-0.3, -0.25) is 14.5 Å². The van der Waals surface area contributed by atoms with Crippen LogP contribution in [0, 0.1) is 13.8 Å². The number of benzene rings is 1. The number of rotatable bonds is 5. The number of allylic oxidation sites excluding steroid dienone is 1. The first kappa shape index (κ1) is 15.9. The van der Waals surface area contributed by atoms with E-state index >= 15 is 0 Å². The second-order valence-corrected chi connectivity index (χ2v) is 5.67. The summed E-state index contributed by atoms with van der Waals surface area (Å²) in [5.74, 6) is -0.0577. The van der Waals surface area contributed by atoms with Crippen molar-refractivity contribution in [1.29, 1.82) is 0 Å². The average molecular weight is 317 g/mol. The van der Waals surface area contributed by atoms with E-state index in [1.54, 1.807) is 30.6 Å². The van der Waals surface area contributed by atoms with Crippen LogP contribution in [0.1, 0.15) is 32.9 Å². The lowest BCUT2D eigenvalue weighted by atomic mass is 10.1. The van der Waals surface area contributed by atoms with Crippen molar-refractivity contribution in [1.82, 2.24) is 14.8 Å². The highest BCUT2D eigenvalue weighted by molar-refractivity contribution is 6.06. The van der Waals surface area contributed by atoms with Gasteiger partial charge in [-0.05, 0) is 43.7 Å². The summed E-state index contributed by atoms with van der Waals surface area (Å²) in [6, 6.07) is 13.7. The predicted octanol–water partition coefficient (Wildman–Crippen LogP) is 3.84. The van der Waals surface area contributed by atoms with Crippen LogP contribution < -0.4 is 0 Å². The summed E-state index contributed by atoms with van der Waals surface area (Å²) in [6.07, 6.45) is 6.66. The van der Waals surface area contributed by atoms with Gasteiger partial charge in [-0.2, -0.15) is 5.10 Å². The Morgan fingerprint density at radius 1 is 1.12 bits per heavy atom. The molecule has 0 fully saturated rings. The maximum absolute atomic E-state index is 12.2. The molecule has 0 bridgehead atoms. The number of aromatic nitrogens is 3. The molecular weight excluding hydrogens is 298 g/mol. The summed E-state index contributed by atoms with van der Waals surface area (Å²) in [5.41, 5.74) is 4.74. The molecule has 0 spiro atoms. The normalized spacial score (nSPS) is 11.1. The van der Waals surface area contributed by atoms with E-state index in [2.05, 4.69) is 22.2 Å². The molecule has 0 aliphatic carbocycles. The van der Waals surface area contributed by atoms with E-state index in [4.69, 9.17) is 0 Å². The molecule has 3 rings (SSSR count). The number of pyridine rings is 1. The van der Waals surface area contributed by atoms with Crippen molar-refractivity contribution in [3.63, 3.8) is 0 Å². The van der Waals surface area contributed by atoms with Gasteiger partial charge in [-0.15, -0.1) is 0 Å². The van der Waals surface area contributed by atoms with Gasteiger partial charge in [0.25, 0.3) is 0 Å². The smallest absolute Gasteiger partial charge is 0.187 e. The second kappa shape index (κ2) is 7.04. The molecule has 1 aromatic carbocycles. The molecule has 0 aliphatic rings. The minimum Gasteiger partial charge on any atom is -0.289 e. The standard InChI is InChI=1S/C20H19N3O/c1-15-19(10-11-20(24)18-9-6-12-21-13-18)16(2)23(22-15)14-17-7-4-3-5-8-17/h3-13H,14H2,1-2H3/b11-10+. The lowest BCUT2D eigenvalue weighted by Crippen LogP contribution is -2.03. The summed E-state index contributed by atoms with van der Waals surface area (Å²) >= 11 is 0. The SMILES string of the molecule is Cc1nn(Cc2ccccc2)c(C)c1/C=C/C(=O)c1cccnc1. The lowest BCUT2D eigenvalue weighted by Gasteiger charge is -2.04. The number of ketones is 1. The Morgan fingerprint density at radius 2 is 1.92 bits per heavy atom. The highest BCUT2D eigenvalue weighted by Gasteiger charge is 2.10. The van der Waals surface area contributed by atoms with Gasteiger partial charge in [0.15, 0.2) is 5.78 Å². The van der Waals surface area contributed by atoms with Gasteiger partial charge in [0, 0.05) is 29.2 Å². The third-order valence-electron chi connectivity index (χ3n) is 3.96. The van der Waals surface area contributed by atoms with Crippen LogP contribution >= 0.6 is 0 Å². The Labute approximate surface area is 141 Å². The maximum Gasteiger partial charge on any atom is 0.187 e. The maximum atomic E-state index is 12.2. The first-order valence-corrected chi connectivity index (χ1v) is 7.85. The Kier molecular flexibility index (Phi) is 4.66. The molecule has 4 nitrogen and oxygen atoms in total. The fourth-order valence-electron chi connectivity index (χ4n) is 2.63. The van der Waals surface area contributed by atoms with Gasteiger partial charge in [0.05, 0.1) is 12.2 Å². The van der Waals surface area contributed by atoms with E-state index < -0.39 is 0 Å². The summed E-state index contributed by atoms with van der Waals surface area (Å²) in [4.78, 5) is 16.2. The summed E-state index contributed by atoms with van der Waals surface area (Å²) in [6.45, 7) is 4.71. The molecule has 4 heteroatoms. The van der Waals surface area contributed by atoms with Crippen molar-refractivity contribution < 1.29 is 4.79 Å². The summed E-state index contributed by atoms with van der Waals surface area (Å²) in [7, 11) is 0. The van der Waals surface area contributed by atoms with Crippen LogP contribution in [0.5, 0.6) is 0 Å². The van der Waals surface area contributed by atoms with Crippen molar-refractivity contribution >= 4 is 11.9 Å². The van der Waals surface area contributed by atoms with Crippen LogP contribution in [0.25, 0.3) is 6.08 Å². The van der Waals surface area contributed by atoms with E-state index in [-0.39, 0.29) is 5.78 Å². The summed E-state index contributed by atoms with van der Waals surface area (Å²) < 4.78 is 1.97. The van der Waals surface area contributed by atoms with Crippen LogP contribution in [-0.4, -0.2) is 20.5 Å². The molecule has 0 aliphatic heterocycles. The predicted molar refractivity (Wildman–Crippen MR) is 94.8 cm³/mol. The zero-order chi connectivity index (χ0) is 16.9. The van der Waals surface area contributed by atoms with E-state index in [1.807, 2.05) is 42.8 Å². The Morgan fingerprint density at radius 3 is 2.62 bits per heavy atom. The van der Waals surface area contributed by atoms with E-state index in [9.17, 15) is 4.79 Å². The van der Waals surface area contributed by atoms with Crippen molar-refractivity contribution in [3.05, 3.63) is 89.0 Å². The van der Waals surface area contributed by atoms with Gasteiger partial charge in [0.2, 0.25) is 0 Å². The number of nitrogens with zero attached hydrogens (tertiary/aromatic N) is 3. The van der Waals surface area contributed by atoms with Gasteiger partial charge in [-0.1, -0.05) is 30.3 Å². The van der Waals surface area contributed by atoms with Gasteiger partial charge in [-0.25, -0.2) is 0 Å². The summed E-state index contributed by atoms with van der Waals surface area (Å²) in [5, 5.41) is 4.60. The van der Waals surface area contributed by atoms with Crippen LogP contribution in [0.2, 0.25) is 0 Å². The molecular formula is C20H19N3O. The number of carbonyl (C=O) groups excluding carboxylic acids is 1. The largest absolute Gasteiger partial charge is 0.289 e. The highest BCUT2D eigenvalue weighted by Crippen LogP contribution is 2.17. The van der Waals surface area contributed by atoms with Crippen molar-refractivity contribution in [2.24, 2.45) is 0 Å². The first-order chi connectivity index (χ1) is 11.6. The molecule has 3 aromatic rings. The fraction of sp³-hybridized carbons (Fsp3) is 0.150. The molecule has 0 amide bonds. The zero-order valence-electron chi connectivity index (χ0n) is 13.8. The third kappa shape index (κ3) is 3.49. The molecule has 2 heterocycles. The molecule has 0 atom stereocenters. The van der Waals surface area contributed by atoms with Gasteiger partial charge >= 0.3 is 0 Å². The van der Waals surface area contributed by atoms with Crippen LogP contribution in [-0.2, 0) is 6.54 Å². The minimum absolute atomic E-state index is 0.0577. The second-order valence-electron chi connectivity index (χ2n) is 5.67. The van der Waals surface area contributed by atoms with Crippen LogP contribution in [0.15, 0.2) is 60.9 Å². The minimum atomic E-state index is -0.0577. The van der Waals surface area contributed by atoms with E-state index in [0.717, 1.165) is 23.5 Å². The van der Waals surface area contributed by atoms with Gasteiger partial charge in [0.1, 0.15) is 0 Å². The third-order valence-corrected chi connectivity index (χ3v) is 3.96. The monoisotopic (exact) mass is 317 g/mol. The number of hydrogen-bond acceptors (Lipinski definition) is 3. The molecule has 0 radical (unpaired) electrons. The topological polar surface area (TPSA) is 47.8 Å². The molecule has 120 valence electrons. The fourth-order valence-corrected chi connectivity index (χ4v) is 2.63. The molecule has 0 saturated heterocycles. The Balaban J connectivity index is 1.82. The van der Waals surface area contributed by atoms with Crippen molar-refractivity contribution in [2.45, 2.75) is 20.4 Å². The Bertz CT molecular complexity index is 865. The molecule has 0 N–H and O–H groups in total. The molecule has 24 heavy (non-hydrogen) atoms. The van der Waals surface area contributed by atoms with Crippen LogP contribution in [0.3, 0.4) is 0 Å². The van der Waals surface area contributed by atoms with Crippen molar-refractivity contribution in [3.8, 4) is 0 Å². The average Bonchev–Trinajstić information content (AvgIpc) is 2.88. The zero-order valence-corrected chi connectivity index (χ0v) is 13.8. The van der Waals surface area contributed by atoms with Gasteiger partial charge < -0.3 is 0 Å². The number of hydrogen-bond donors (Lipinski definition) is 0. The first-order valence-electron chi connectivity index (χ1n) is 7.85. The quantitative estimate of drug-likeness (QED) is 0.530. The van der Waals surface area contributed by atoms with Crippen molar-refractivity contribution in [2.75, 3.05) is 0 Å². The lowest BCUT2D eigenvalue weighted by molar-refractivity contribution is 0.104. The van der Waals surface area contributed by atoms with E-state index in [1.165, 1.54) is 5.56 Å². The number of carbonyl (C=O) groups is 1. The van der Waals surface area contributed by atoms with E-state index in [0.29, 0.717) is 5.56 Å². The van der Waals surface area contributed by atoms with Crippen LogP contribution in [0.4, 0.5) is 0 Å². The molecule has 0 unspecified atom stereocenters. The Hall–Kier alpha value is -3.01. The molecule has 2 aromatic heterocycles. The molecule has 0 saturated carbocycles. The highest BCUT2D eigenvalue weighted by atomic mass is 16.1.